The molecule has 0 aliphatic carbocycles. The first-order chi connectivity index (χ1) is 8.13. The summed E-state index contributed by atoms with van der Waals surface area (Å²) in [7, 11) is 0. The van der Waals surface area contributed by atoms with Crippen LogP contribution in [0.4, 0.5) is 4.79 Å². The van der Waals surface area contributed by atoms with Crippen molar-refractivity contribution in [2.24, 2.45) is 5.73 Å². The van der Waals surface area contributed by atoms with Gasteiger partial charge in [-0.15, -0.1) is 0 Å². The van der Waals surface area contributed by atoms with Crippen molar-refractivity contribution in [2.75, 3.05) is 26.3 Å². The van der Waals surface area contributed by atoms with E-state index < -0.39 is 5.91 Å². The molecule has 98 valence electrons. The van der Waals surface area contributed by atoms with E-state index in [1.165, 1.54) is 0 Å². The highest BCUT2D eigenvalue weighted by Crippen LogP contribution is 2.11. The van der Waals surface area contributed by atoms with Gasteiger partial charge in [0, 0.05) is 19.1 Å². The Kier molecular flexibility index (Phi) is 5.71. The van der Waals surface area contributed by atoms with Gasteiger partial charge in [0.1, 0.15) is 6.61 Å². The fraction of sp³-hybridized carbons (Fsp3) is 0.800. The molecule has 1 aliphatic heterocycles. The summed E-state index contributed by atoms with van der Waals surface area (Å²) in [6, 6.07) is 0.139. The molecule has 0 unspecified atom stereocenters. The molecule has 0 bridgehead atoms. The highest BCUT2D eigenvalue weighted by atomic mass is 16.6. The number of carbonyl (C=O) groups is 2. The summed E-state index contributed by atoms with van der Waals surface area (Å²) >= 11 is 0. The monoisotopic (exact) mass is 245 g/mol. The number of hydroxylamine groups is 1. The maximum atomic E-state index is 11.4. The van der Waals surface area contributed by atoms with Crippen LogP contribution in [-0.4, -0.2) is 49.2 Å². The van der Waals surface area contributed by atoms with Gasteiger partial charge < -0.3 is 15.4 Å². The molecule has 1 fully saturated rings. The van der Waals surface area contributed by atoms with Gasteiger partial charge in [-0.2, -0.15) is 5.48 Å². The van der Waals surface area contributed by atoms with Crippen LogP contribution in [0.3, 0.4) is 0 Å². The van der Waals surface area contributed by atoms with Gasteiger partial charge in [-0.3, -0.25) is 9.63 Å². The van der Waals surface area contributed by atoms with Gasteiger partial charge in [-0.1, -0.05) is 0 Å². The minimum atomic E-state index is -0.513. The van der Waals surface area contributed by atoms with Crippen LogP contribution in [0, 0.1) is 0 Å². The topological polar surface area (TPSA) is 93.9 Å². The van der Waals surface area contributed by atoms with E-state index in [4.69, 9.17) is 15.3 Å². The molecular formula is C10H19N3O4. The Labute approximate surface area is 100 Å². The second-order valence-corrected chi connectivity index (χ2v) is 3.83. The van der Waals surface area contributed by atoms with Crippen LogP contribution in [-0.2, 0) is 14.4 Å². The summed E-state index contributed by atoms with van der Waals surface area (Å²) < 4.78 is 4.90. The van der Waals surface area contributed by atoms with Crippen LogP contribution in [0.2, 0.25) is 0 Å². The third kappa shape index (κ3) is 5.01. The molecule has 0 aromatic carbocycles. The van der Waals surface area contributed by atoms with Crippen LogP contribution in [0.15, 0.2) is 0 Å². The lowest BCUT2D eigenvalue weighted by atomic mass is 10.1. The zero-order valence-corrected chi connectivity index (χ0v) is 9.98. The third-order valence-corrected chi connectivity index (χ3v) is 2.49. The van der Waals surface area contributed by atoms with Crippen molar-refractivity contribution in [3.8, 4) is 0 Å². The zero-order valence-electron chi connectivity index (χ0n) is 9.98. The lowest BCUT2D eigenvalue weighted by Gasteiger charge is -2.31. The predicted molar refractivity (Wildman–Crippen MR) is 59.9 cm³/mol. The normalized spacial score (nSPS) is 16.9. The van der Waals surface area contributed by atoms with Gasteiger partial charge in [-0.25, -0.2) is 4.79 Å². The Bertz CT molecular complexity index is 264. The molecule has 17 heavy (non-hydrogen) atoms. The second kappa shape index (κ2) is 7.08. The molecule has 1 saturated heterocycles. The minimum absolute atomic E-state index is 0.139. The number of amides is 2. The number of rotatable bonds is 5. The number of carbonyl (C=O) groups excluding carboxylic acids is 2. The highest BCUT2D eigenvalue weighted by molar-refractivity contribution is 5.74. The molecule has 0 spiro atoms. The van der Waals surface area contributed by atoms with E-state index >= 15 is 0 Å². The predicted octanol–water partition coefficient (Wildman–Crippen LogP) is -0.386. The third-order valence-electron chi connectivity index (χ3n) is 2.49. The Morgan fingerprint density at radius 1 is 1.41 bits per heavy atom. The molecule has 3 N–H and O–H groups in total. The van der Waals surface area contributed by atoms with E-state index in [1.54, 1.807) is 11.8 Å². The van der Waals surface area contributed by atoms with Crippen LogP contribution < -0.4 is 11.2 Å². The first-order valence-electron chi connectivity index (χ1n) is 5.70. The maximum absolute atomic E-state index is 11.4. The molecule has 1 rings (SSSR count). The lowest BCUT2D eigenvalue weighted by Crippen LogP contribution is -2.45. The number of piperidine rings is 1. The molecule has 7 nitrogen and oxygen atoms in total. The van der Waals surface area contributed by atoms with E-state index in [2.05, 4.69) is 5.48 Å². The summed E-state index contributed by atoms with van der Waals surface area (Å²) in [6.07, 6.45) is 1.25. The summed E-state index contributed by atoms with van der Waals surface area (Å²) in [5.41, 5.74) is 7.69. The number of nitrogens with one attached hydrogen (secondary N) is 1. The largest absolute Gasteiger partial charge is 0.450 e. The van der Waals surface area contributed by atoms with Crippen LogP contribution >= 0.6 is 0 Å². The smallest absolute Gasteiger partial charge is 0.409 e. The molecule has 0 saturated carbocycles. The van der Waals surface area contributed by atoms with Crippen molar-refractivity contribution >= 4 is 12.0 Å². The average Bonchev–Trinajstić information content (AvgIpc) is 2.30. The molecule has 0 aromatic rings. The number of hydrogen-bond acceptors (Lipinski definition) is 5. The minimum Gasteiger partial charge on any atom is -0.450 e. The van der Waals surface area contributed by atoms with E-state index in [-0.39, 0.29) is 18.7 Å². The maximum Gasteiger partial charge on any atom is 0.409 e. The van der Waals surface area contributed by atoms with Gasteiger partial charge in [0.2, 0.25) is 5.91 Å². The molecule has 1 aliphatic rings. The molecule has 0 radical (unpaired) electrons. The standard InChI is InChI=1S/C10H19N3O4/c1-2-16-10(15)13-5-3-8(4-6-13)12-17-7-9(11)14/h8,12H,2-7H2,1H3,(H2,11,14). The SMILES string of the molecule is CCOC(=O)N1CCC(NOCC(N)=O)CC1. The number of nitrogens with zero attached hydrogens (tertiary/aromatic N) is 1. The number of primary amides is 1. The Morgan fingerprint density at radius 2 is 2.06 bits per heavy atom. The van der Waals surface area contributed by atoms with Crippen molar-refractivity contribution in [1.29, 1.82) is 0 Å². The van der Waals surface area contributed by atoms with Crippen molar-refractivity contribution in [2.45, 2.75) is 25.8 Å². The van der Waals surface area contributed by atoms with Crippen molar-refractivity contribution in [3.63, 3.8) is 0 Å². The van der Waals surface area contributed by atoms with Gasteiger partial charge in [0.05, 0.1) is 6.61 Å². The first kappa shape index (κ1) is 13.7. The Balaban J connectivity index is 2.17. The fourth-order valence-corrected chi connectivity index (χ4v) is 1.63. The van der Waals surface area contributed by atoms with Crippen LogP contribution in [0.1, 0.15) is 19.8 Å². The molecule has 1 heterocycles. The second-order valence-electron chi connectivity index (χ2n) is 3.83. The Hall–Kier alpha value is -1.34. The molecule has 7 heteroatoms. The Morgan fingerprint density at radius 3 is 2.59 bits per heavy atom. The van der Waals surface area contributed by atoms with Crippen molar-refractivity contribution < 1.29 is 19.2 Å². The van der Waals surface area contributed by atoms with Gasteiger partial charge in [0.15, 0.2) is 0 Å². The van der Waals surface area contributed by atoms with E-state index in [0.717, 1.165) is 12.8 Å². The van der Waals surface area contributed by atoms with Gasteiger partial charge >= 0.3 is 6.09 Å². The summed E-state index contributed by atoms with van der Waals surface area (Å²) in [4.78, 5) is 28.4. The average molecular weight is 245 g/mol. The number of hydrogen-bond donors (Lipinski definition) is 2. The highest BCUT2D eigenvalue weighted by Gasteiger charge is 2.23. The number of likely N-dealkylation sites (tertiary alicyclic amines) is 1. The van der Waals surface area contributed by atoms with E-state index in [9.17, 15) is 9.59 Å². The molecule has 0 aromatic heterocycles. The first-order valence-corrected chi connectivity index (χ1v) is 5.70. The summed E-state index contributed by atoms with van der Waals surface area (Å²) in [6.45, 7) is 3.27. The molecule has 2 amide bonds. The zero-order chi connectivity index (χ0) is 12.7. The van der Waals surface area contributed by atoms with Crippen molar-refractivity contribution in [3.05, 3.63) is 0 Å². The van der Waals surface area contributed by atoms with Crippen LogP contribution in [0.5, 0.6) is 0 Å². The van der Waals surface area contributed by atoms with Gasteiger partial charge in [-0.05, 0) is 19.8 Å². The number of nitrogens with two attached hydrogens (primary N) is 1. The quantitative estimate of drug-likeness (QED) is 0.643. The van der Waals surface area contributed by atoms with Gasteiger partial charge in [0.25, 0.3) is 0 Å². The van der Waals surface area contributed by atoms with Crippen LogP contribution in [0.25, 0.3) is 0 Å². The molecule has 0 atom stereocenters. The fourth-order valence-electron chi connectivity index (χ4n) is 1.63. The van der Waals surface area contributed by atoms with E-state index in [0.29, 0.717) is 19.7 Å². The molecular weight excluding hydrogens is 226 g/mol. The summed E-state index contributed by atoms with van der Waals surface area (Å²) in [5.74, 6) is -0.513. The lowest BCUT2D eigenvalue weighted by molar-refractivity contribution is -0.126. The van der Waals surface area contributed by atoms with Crippen molar-refractivity contribution in [1.82, 2.24) is 10.4 Å². The number of ether oxygens (including phenoxy) is 1. The van der Waals surface area contributed by atoms with E-state index in [1.807, 2.05) is 0 Å². The summed E-state index contributed by atoms with van der Waals surface area (Å²) in [5, 5.41) is 0.